The predicted molar refractivity (Wildman–Crippen MR) is 75.6 cm³/mol. The molecule has 104 valence electrons. The van der Waals surface area contributed by atoms with Crippen molar-refractivity contribution in [2.45, 2.75) is 58.7 Å². The normalized spacial score (nSPS) is 26.1. The molecule has 18 heavy (non-hydrogen) atoms. The summed E-state index contributed by atoms with van der Waals surface area (Å²) in [6.45, 7) is 7.96. The van der Waals surface area contributed by atoms with Gasteiger partial charge in [-0.05, 0) is 26.0 Å². The molecule has 5 heteroatoms. The van der Waals surface area contributed by atoms with Gasteiger partial charge in [-0.25, -0.2) is 0 Å². The second-order valence-corrected chi connectivity index (χ2v) is 6.10. The molecule has 4 nitrogen and oxygen atoms in total. The van der Waals surface area contributed by atoms with Crippen LogP contribution < -0.4 is 5.32 Å². The van der Waals surface area contributed by atoms with E-state index < -0.39 is 0 Å². The Balaban J connectivity index is 2.77. The van der Waals surface area contributed by atoms with Crippen LogP contribution in [0, 0.1) is 0 Å². The van der Waals surface area contributed by atoms with E-state index in [0.717, 1.165) is 24.3 Å². The van der Waals surface area contributed by atoms with Crippen molar-refractivity contribution in [3.05, 3.63) is 0 Å². The summed E-state index contributed by atoms with van der Waals surface area (Å²) in [5.74, 6) is 1.97. The van der Waals surface area contributed by atoms with Crippen molar-refractivity contribution in [1.82, 2.24) is 10.2 Å². The molecule has 0 aromatic carbocycles. The van der Waals surface area contributed by atoms with Gasteiger partial charge in [0.1, 0.15) is 12.1 Å². The van der Waals surface area contributed by atoms with Gasteiger partial charge in [0.05, 0.1) is 0 Å². The number of hydrogen-bond donors (Lipinski definition) is 1. The molecule has 1 heterocycles. The minimum Gasteiger partial charge on any atom is -0.343 e. The maximum absolute atomic E-state index is 12.4. The van der Waals surface area contributed by atoms with Crippen LogP contribution in [0.3, 0.4) is 0 Å². The van der Waals surface area contributed by atoms with E-state index in [1.165, 1.54) is 0 Å². The highest BCUT2D eigenvalue weighted by Crippen LogP contribution is 2.18. The van der Waals surface area contributed by atoms with Crippen molar-refractivity contribution in [3.8, 4) is 0 Å². The third-order valence-corrected chi connectivity index (χ3v) is 4.41. The second kappa shape index (κ2) is 7.02. The number of amides is 2. The Labute approximate surface area is 114 Å². The van der Waals surface area contributed by atoms with Crippen molar-refractivity contribution in [2.75, 3.05) is 11.5 Å². The van der Waals surface area contributed by atoms with E-state index in [0.29, 0.717) is 0 Å². The Kier molecular flexibility index (Phi) is 5.99. The van der Waals surface area contributed by atoms with E-state index in [9.17, 15) is 9.59 Å². The zero-order valence-electron chi connectivity index (χ0n) is 11.7. The summed E-state index contributed by atoms with van der Waals surface area (Å²) in [4.78, 5) is 26.0. The van der Waals surface area contributed by atoms with E-state index in [4.69, 9.17) is 0 Å². The lowest BCUT2D eigenvalue weighted by molar-refractivity contribution is -0.150. The van der Waals surface area contributed by atoms with Crippen molar-refractivity contribution in [2.24, 2.45) is 0 Å². The average molecular weight is 272 g/mol. The SMILES string of the molecule is CCCC1NC(=O)C(C)N(C(C)CSCC)C1=O. The lowest BCUT2D eigenvalue weighted by Gasteiger charge is -2.41. The van der Waals surface area contributed by atoms with Gasteiger partial charge < -0.3 is 10.2 Å². The quantitative estimate of drug-likeness (QED) is 0.800. The first kappa shape index (κ1) is 15.3. The second-order valence-electron chi connectivity index (χ2n) is 4.78. The molecule has 0 aromatic rings. The first-order valence-electron chi connectivity index (χ1n) is 6.73. The van der Waals surface area contributed by atoms with Gasteiger partial charge in [0.25, 0.3) is 0 Å². The third kappa shape index (κ3) is 3.40. The fourth-order valence-electron chi connectivity index (χ4n) is 2.30. The zero-order valence-corrected chi connectivity index (χ0v) is 12.5. The van der Waals surface area contributed by atoms with E-state index >= 15 is 0 Å². The lowest BCUT2D eigenvalue weighted by atomic mass is 10.0. The van der Waals surface area contributed by atoms with Crippen LogP contribution in [0.15, 0.2) is 0 Å². The van der Waals surface area contributed by atoms with E-state index in [-0.39, 0.29) is 29.9 Å². The first-order valence-corrected chi connectivity index (χ1v) is 7.88. The monoisotopic (exact) mass is 272 g/mol. The molecule has 0 bridgehead atoms. The Morgan fingerprint density at radius 2 is 2.06 bits per heavy atom. The molecule has 0 spiro atoms. The van der Waals surface area contributed by atoms with Gasteiger partial charge in [-0.3, -0.25) is 9.59 Å². The molecule has 3 unspecified atom stereocenters. The molecular formula is C13H24N2O2S. The van der Waals surface area contributed by atoms with Crippen molar-refractivity contribution in [3.63, 3.8) is 0 Å². The van der Waals surface area contributed by atoms with Crippen LogP contribution in [-0.2, 0) is 9.59 Å². The molecule has 1 aliphatic rings. The zero-order chi connectivity index (χ0) is 13.7. The minimum atomic E-state index is -0.349. The smallest absolute Gasteiger partial charge is 0.246 e. The number of hydrogen-bond acceptors (Lipinski definition) is 3. The van der Waals surface area contributed by atoms with Gasteiger partial charge >= 0.3 is 0 Å². The van der Waals surface area contributed by atoms with E-state index in [1.807, 2.05) is 20.8 Å². The molecule has 1 rings (SSSR count). The van der Waals surface area contributed by atoms with Crippen LogP contribution >= 0.6 is 11.8 Å². The molecule has 0 saturated carbocycles. The average Bonchev–Trinajstić information content (AvgIpc) is 2.34. The molecule has 0 aromatic heterocycles. The number of thioether (sulfide) groups is 1. The maximum Gasteiger partial charge on any atom is 0.246 e. The molecule has 1 saturated heterocycles. The number of piperazine rings is 1. The van der Waals surface area contributed by atoms with Crippen molar-refractivity contribution in [1.29, 1.82) is 0 Å². The highest BCUT2D eigenvalue weighted by Gasteiger charge is 2.39. The molecule has 1 N–H and O–H groups in total. The number of nitrogens with one attached hydrogen (secondary N) is 1. The summed E-state index contributed by atoms with van der Waals surface area (Å²) in [6, 6.07) is -0.561. The van der Waals surface area contributed by atoms with Crippen LogP contribution in [0.25, 0.3) is 0 Å². The largest absolute Gasteiger partial charge is 0.343 e. The van der Waals surface area contributed by atoms with Crippen LogP contribution in [0.1, 0.15) is 40.5 Å². The molecule has 0 aliphatic carbocycles. The van der Waals surface area contributed by atoms with Crippen LogP contribution in [0.5, 0.6) is 0 Å². The third-order valence-electron chi connectivity index (χ3n) is 3.28. The van der Waals surface area contributed by atoms with Gasteiger partial charge in [0.15, 0.2) is 0 Å². The van der Waals surface area contributed by atoms with Crippen molar-refractivity contribution < 1.29 is 9.59 Å². The molecular weight excluding hydrogens is 248 g/mol. The predicted octanol–water partition coefficient (Wildman–Crippen LogP) is 1.64. The standard InChI is InChI=1S/C13H24N2O2S/c1-5-7-11-13(17)15(9(3)8-18-6-2)10(4)12(16)14-11/h9-11H,5-8H2,1-4H3,(H,14,16). The van der Waals surface area contributed by atoms with Gasteiger partial charge in [-0.2, -0.15) is 11.8 Å². The molecule has 3 atom stereocenters. The fraction of sp³-hybridized carbons (Fsp3) is 0.846. The Morgan fingerprint density at radius 3 is 2.61 bits per heavy atom. The van der Waals surface area contributed by atoms with E-state index in [1.54, 1.807) is 16.7 Å². The van der Waals surface area contributed by atoms with Crippen molar-refractivity contribution >= 4 is 23.6 Å². The topological polar surface area (TPSA) is 49.4 Å². The molecule has 0 radical (unpaired) electrons. The van der Waals surface area contributed by atoms with Gasteiger partial charge in [-0.1, -0.05) is 20.3 Å². The number of nitrogens with zero attached hydrogens (tertiary/aromatic N) is 1. The van der Waals surface area contributed by atoms with Crippen LogP contribution in [0.4, 0.5) is 0 Å². The highest BCUT2D eigenvalue weighted by molar-refractivity contribution is 7.99. The van der Waals surface area contributed by atoms with Gasteiger partial charge in [0.2, 0.25) is 11.8 Å². The summed E-state index contributed by atoms with van der Waals surface area (Å²) in [7, 11) is 0. The number of carbonyl (C=O) groups excluding carboxylic acids is 2. The summed E-state index contributed by atoms with van der Waals surface area (Å²) >= 11 is 1.80. The summed E-state index contributed by atoms with van der Waals surface area (Å²) < 4.78 is 0. The summed E-state index contributed by atoms with van der Waals surface area (Å²) in [6.07, 6.45) is 1.62. The first-order chi connectivity index (χ1) is 8.52. The maximum atomic E-state index is 12.4. The molecule has 1 aliphatic heterocycles. The van der Waals surface area contributed by atoms with Gasteiger partial charge in [0, 0.05) is 11.8 Å². The summed E-state index contributed by atoms with van der Waals surface area (Å²) in [5, 5.41) is 2.82. The lowest BCUT2D eigenvalue weighted by Crippen LogP contribution is -2.64. The Morgan fingerprint density at radius 1 is 1.39 bits per heavy atom. The van der Waals surface area contributed by atoms with Crippen LogP contribution in [0.2, 0.25) is 0 Å². The molecule has 2 amide bonds. The van der Waals surface area contributed by atoms with Gasteiger partial charge in [-0.15, -0.1) is 0 Å². The number of carbonyl (C=O) groups is 2. The Bertz CT molecular complexity index is 309. The Hall–Kier alpha value is -0.710. The van der Waals surface area contributed by atoms with Crippen LogP contribution in [-0.4, -0.2) is 46.3 Å². The fourth-order valence-corrected chi connectivity index (χ4v) is 3.04. The highest BCUT2D eigenvalue weighted by atomic mass is 32.2. The molecule has 1 fully saturated rings. The summed E-state index contributed by atoms with van der Waals surface area (Å²) in [5.41, 5.74) is 0. The number of rotatable bonds is 6. The van der Waals surface area contributed by atoms with E-state index in [2.05, 4.69) is 12.2 Å². The minimum absolute atomic E-state index is 0.0265.